The van der Waals surface area contributed by atoms with Crippen LogP contribution < -0.4 is 5.73 Å². The quantitative estimate of drug-likeness (QED) is 0.793. The number of hydrogen-bond donors (Lipinski definition) is 1. The van der Waals surface area contributed by atoms with Crippen molar-refractivity contribution in [3.8, 4) is 0 Å². The van der Waals surface area contributed by atoms with Gasteiger partial charge in [-0.25, -0.2) is 0 Å². The summed E-state index contributed by atoms with van der Waals surface area (Å²) >= 11 is 0. The standard InChI is InChI=1S/C19H37NO/c1-5-19(3,4)16-11-10-15(13-20)18(12-16)21-17-9-7-6-8-14(17)2/h14-18H,5-13,20H2,1-4H3. The summed E-state index contributed by atoms with van der Waals surface area (Å²) in [4.78, 5) is 0. The molecular formula is C19H37NO. The predicted octanol–water partition coefficient (Wildman–Crippen LogP) is 4.76. The van der Waals surface area contributed by atoms with E-state index in [1.54, 1.807) is 0 Å². The Morgan fingerprint density at radius 1 is 1.05 bits per heavy atom. The van der Waals surface area contributed by atoms with Crippen molar-refractivity contribution >= 4 is 0 Å². The van der Waals surface area contributed by atoms with E-state index in [2.05, 4.69) is 27.7 Å². The molecule has 5 atom stereocenters. The topological polar surface area (TPSA) is 35.2 Å². The third-order valence-corrected chi connectivity index (χ3v) is 6.63. The highest BCUT2D eigenvalue weighted by atomic mass is 16.5. The average Bonchev–Trinajstić information content (AvgIpc) is 2.49. The maximum atomic E-state index is 6.64. The Hall–Kier alpha value is -0.0800. The van der Waals surface area contributed by atoms with E-state index in [1.165, 1.54) is 51.4 Å². The molecule has 0 aromatic carbocycles. The van der Waals surface area contributed by atoms with E-state index in [0.29, 0.717) is 23.5 Å². The Morgan fingerprint density at radius 2 is 1.76 bits per heavy atom. The largest absolute Gasteiger partial charge is 0.374 e. The summed E-state index contributed by atoms with van der Waals surface area (Å²) in [5.74, 6) is 2.12. The van der Waals surface area contributed by atoms with E-state index in [9.17, 15) is 0 Å². The third-order valence-electron chi connectivity index (χ3n) is 6.63. The molecule has 0 spiro atoms. The van der Waals surface area contributed by atoms with Crippen LogP contribution in [0.25, 0.3) is 0 Å². The normalized spacial score (nSPS) is 38.4. The van der Waals surface area contributed by atoms with Gasteiger partial charge >= 0.3 is 0 Å². The first kappa shape index (κ1) is 17.3. The number of nitrogens with two attached hydrogens (primary N) is 1. The molecule has 0 aromatic heterocycles. The molecule has 2 saturated carbocycles. The lowest BCUT2D eigenvalue weighted by atomic mass is 9.66. The van der Waals surface area contributed by atoms with Crippen LogP contribution in [0.2, 0.25) is 0 Å². The fourth-order valence-corrected chi connectivity index (χ4v) is 4.34. The fraction of sp³-hybridized carbons (Fsp3) is 1.00. The van der Waals surface area contributed by atoms with Crippen molar-refractivity contribution < 1.29 is 4.74 Å². The van der Waals surface area contributed by atoms with Gasteiger partial charge in [0.15, 0.2) is 0 Å². The summed E-state index contributed by atoms with van der Waals surface area (Å²) in [5.41, 5.74) is 6.48. The van der Waals surface area contributed by atoms with Gasteiger partial charge in [-0.3, -0.25) is 0 Å². The van der Waals surface area contributed by atoms with Crippen LogP contribution in [0.5, 0.6) is 0 Å². The molecule has 21 heavy (non-hydrogen) atoms. The number of ether oxygens (including phenoxy) is 1. The minimum Gasteiger partial charge on any atom is -0.374 e. The van der Waals surface area contributed by atoms with Gasteiger partial charge in [-0.2, -0.15) is 0 Å². The van der Waals surface area contributed by atoms with Crippen molar-refractivity contribution in [2.45, 2.75) is 91.3 Å². The van der Waals surface area contributed by atoms with E-state index in [4.69, 9.17) is 10.5 Å². The Morgan fingerprint density at radius 3 is 2.38 bits per heavy atom. The molecule has 0 aromatic rings. The third kappa shape index (κ3) is 4.22. The first-order valence-electron chi connectivity index (χ1n) is 9.33. The Labute approximate surface area is 132 Å². The summed E-state index contributed by atoms with van der Waals surface area (Å²) < 4.78 is 6.64. The van der Waals surface area contributed by atoms with Crippen LogP contribution in [-0.4, -0.2) is 18.8 Å². The molecule has 0 radical (unpaired) electrons. The Bertz CT molecular complexity index is 313. The molecule has 2 fully saturated rings. The minimum absolute atomic E-state index is 0.408. The van der Waals surface area contributed by atoms with E-state index in [0.717, 1.165) is 18.4 Å². The van der Waals surface area contributed by atoms with Crippen molar-refractivity contribution in [3.05, 3.63) is 0 Å². The summed E-state index contributed by atoms with van der Waals surface area (Å²) in [7, 11) is 0. The van der Waals surface area contributed by atoms with Crippen molar-refractivity contribution in [2.75, 3.05) is 6.54 Å². The molecule has 2 aliphatic carbocycles. The van der Waals surface area contributed by atoms with E-state index in [1.807, 2.05) is 0 Å². The Kier molecular flexibility index (Phi) is 6.14. The minimum atomic E-state index is 0.408. The van der Waals surface area contributed by atoms with Crippen LogP contribution in [0.3, 0.4) is 0 Å². The van der Waals surface area contributed by atoms with Crippen LogP contribution in [-0.2, 0) is 4.74 Å². The molecule has 5 unspecified atom stereocenters. The highest BCUT2D eigenvalue weighted by Crippen LogP contribution is 2.44. The van der Waals surface area contributed by atoms with Crippen molar-refractivity contribution in [2.24, 2.45) is 28.9 Å². The molecule has 0 aliphatic heterocycles. The molecule has 0 bridgehead atoms. The number of rotatable bonds is 5. The summed E-state index contributed by atoms with van der Waals surface area (Å²) in [5, 5.41) is 0. The van der Waals surface area contributed by atoms with Crippen LogP contribution >= 0.6 is 0 Å². The molecule has 2 N–H and O–H groups in total. The lowest BCUT2D eigenvalue weighted by Crippen LogP contribution is -2.43. The van der Waals surface area contributed by atoms with Gasteiger partial charge in [0.25, 0.3) is 0 Å². The smallest absolute Gasteiger partial charge is 0.0622 e. The average molecular weight is 296 g/mol. The molecule has 0 amide bonds. The van der Waals surface area contributed by atoms with Crippen LogP contribution in [0.1, 0.15) is 79.1 Å². The summed E-state index contributed by atoms with van der Waals surface area (Å²) in [6.45, 7) is 10.4. The first-order valence-corrected chi connectivity index (χ1v) is 9.33. The second-order valence-corrected chi connectivity index (χ2v) is 8.32. The zero-order valence-electron chi connectivity index (χ0n) is 14.7. The number of hydrogen-bond acceptors (Lipinski definition) is 2. The van der Waals surface area contributed by atoms with Gasteiger partial charge in [0.2, 0.25) is 0 Å². The molecular weight excluding hydrogens is 258 g/mol. The van der Waals surface area contributed by atoms with Gasteiger partial charge in [0.05, 0.1) is 12.2 Å². The van der Waals surface area contributed by atoms with Crippen LogP contribution in [0.4, 0.5) is 0 Å². The van der Waals surface area contributed by atoms with Gasteiger partial charge in [0.1, 0.15) is 0 Å². The van der Waals surface area contributed by atoms with Crippen molar-refractivity contribution in [3.63, 3.8) is 0 Å². The maximum absolute atomic E-state index is 6.64. The Balaban J connectivity index is 1.99. The predicted molar refractivity (Wildman–Crippen MR) is 90.3 cm³/mol. The monoisotopic (exact) mass is 295 g/mol. The molecule has 2 nitrogen and oxygen atoms in total. The second kappa shape index (κ2) is 7.46. The SMILES string of the molecule is CCC(C)(C)C1CCC(CN)C(OC2CCCCC2C)C1. The highest BCUT2D eigenvalue weighted by Gasteiger charge is 2.38. The zero-order valence-corrected chi connectivity index (χ0v) is 14.7. The van der Waals surface area contributed by atoms with Crippen molar-refractivity contribution in [1.82, 2.24) is 0 Å². The lowest BCUT2D eigenvalue weighted by Gasteiger charge is -2.44. The fourth-order valence-electron chi connectivity index (χ4n) is 4.34. The zero-order chi connectivity index (χ0) is 15.5. The molecule has 0 saturated heterocycles. The van der Waals surface area contributed by atoms with E-state index < -0.39 is 0 Å². The van der Waals surface area contributed by atoms with Crippen molar-refractivity contribution in [1.29, 1.82) is 0 Å². The van der Waals surface area contributed by atoms with Gasteiger partial charge in [-0.1, -0.05) is 47.0 Å². The first-order chi connectivity index (χ1) is 9.97. The van der Waals surface area contributed by atoms with E-state index >= 15 is 0 Å². The molecule has 0 heterocycles. The summed E-state index contributed by atoms with van der Waals surface area (Å²) in [6.07, 6.45) is 11.3. The molecule has 124 valence electrons. The van der Waals surface area contributed by atoms with Crippen LogP contribution in [0, 0.1) is 23.2 Å². The highest BCUT2D eigenvalue weighted by molar-refractivity contribution is 4.89. The van der Waals surface area contributed by atoms with Gasteiger partial charge in [0, 0.05) is 0 Å². The van der Waals surface area contributed by atoms with Crippen LogP contribution in [0.15, 0.2) is 0 Å². The summed E-state index contributed by atoms with van der Waals surface area (Å²) in [6, 6.07) is 0. The second-order valence-electron chi connectivity index (χ2n) is 8.32. The lowest BCUT2D eigenvalue weighted by molar-refractivity contribution is -0.108. The van der Waals surface area contributed by atoms with Gasteiger partial charge in [-0.05, 0) is 61.8 Å². The van der Waals surface area contributed by atoms with Gasteiger partial charge < -0.3 is 10.5 Å². The molecule has 2 rings (SSSR count). The molecule has 2 aliphatic rings. The van der Waals surface area contributed by atoms with Gasteiger partial charge in [-0.15, -0.1) is 0 Å². The molecule has 2 heteroatoms. The van der Waals surface area contributed by atoms with E-state index in [-0.39, 0.29) is 0 Å². The maximum Gasteiger partial charge on any atom is 0.0622 e.